The first-order valence-electron chi connectivity index (χ1n) is 5.48. The van der Waals surface area contributed by atoms with Gasteiger partial charge in [-0.25, -0.2) is 4.79 Å². The Hall–Kier alpha value is -1.30. The molecule has 100 valence electrons. The van der Waals surface area contributed by atoms with Crippen LogP contribution in [-0.2, 0) is 9.47 Å². The van der Waals surface area contributed by atoms with Gasteiger partial charge >= 0.3 is 5.97 Å². The van der Waals surface area contributed by atoms with Gasteiger partial charge in [0.05, 0.1) is 31.1 Å². The molecule has 1 aromatic rings. The van der Waals surface area contributed by atoms with E-state index in [2.05, 4.69) is 5.32 Å². The van der Waals surface area contributed by atoms with Crippen molar-refractivity contribution < 1.29 is 19.4 Å². The Balaban J connectivity index is 2.45. The molecule has 0 bridgehead atoms. The van der Waals surface area contributed by atoms with E-state index >= 15 is 0 Å². The predicted molar refractivity (Wildman–Crippen MR) is 69.6 cm³/mol. The fraction of sp³-hybridized carbons (Fsp3) is 0.417. The molecule has 0 aromatic heterocycles. The molecular formula is C12H16ClNO4. The molecule has 0 amide bonds. The van der Waals surface area contributed by atoms with Gasteiger partial charge in [0, 0.05) is 18.7 Å². The van der Waals surface area contributed by atoms with Gasteiger partial charge in [-0.15, -0.1) is 0 Å². The van der Waals surface area contributed by atoms with E-state index in [0.29, 0.717) is 37.1 Å². The van der Waals surface area contributed by atoms with E-state index < -0.39 is 5.97 Å². The number of benzene rings is 1. The Morgan fingerprint density at radius 1 is 1.39 bits per heavy atom. The average molecular weight is 274 g/mol. The van der Waals surface area contributed by atoms with Gasteiger partial charge in [-0.05, 0) is 18.2 Å². The Labute approximate surface area is 111 Å². The molecule has 0 aliphatic carbocycles. The number of anilines is 1. The van der Waals surface area contributed by atoms with Gasteiger partial charge in [-0.1, -0.05) is 11.6 Å². The van der Waals surface area contributed by atoms with Gasteiger partial charge in [0.1, 0.15) is 0 Å². The van der Waals surface area contributed by atoms with Crippen molar-refractivity contribution in [3.8, 4) is 0 Å². The van der Waals surface area contributed by atoms with Crippen molar-refractivity contribution in [1.82, 2.24) is 0 Å². The second-order valence-corrected chi connectivity index (χ2v) is 3.96. The molecule has 6 heteroatoms. The molecule has 0 radical (unpaired) electrons. The second-order valence-electron chi connectivity index (χ2n) is 3.53. The van der Waals surface area contributed by atoms with Crippen molar-refractivity contribution in [2.75, 3.05) is 38.8 Å². The molecule has 0 aliphatic rings. The third-order valence-corrected chi connectivity index (χ3v) is 2.44. The number of nitrogens with one attached hydrogen (secondary N) is 1. The van der Waals surface area contributed by atoms with E-state index in [1.165, 1.54) is 6.07 Å². The fourth-order valence-electron chi connectivity index (χ4n) is 1.35. The van der Waals surface area contributed by atoms with Gasteiger partial charge in [-0.2, -0.15) is 0 Å². The Morgan fingerprint density at radius 2 is 2.17 bits per heavy atom. The third kappa shape index (κ3) is 4.91. The maximum Gasteiger partial charge on any atom is 0.337 e. The van der Waals surface area contributed by atoms with Crippen LogP contribution in [0.4, 0.5) is 5.69 Å². The number of carboxylic acids is 1. The summed E-state index contributed by atoms with van der Waals surface area (Å²) in [6.07, 6.45) is 0. The molecule has 0 atom stereocenters. The average Bonchev–Trinajstić information content (AvgIpc) is 2.33. The maximum atomic E-state index is 11.0. The van der Waals surface area contributed by atoms with E-state index in [-0.39, 0.29) is 5.56 Å². The Bertz CT molecular complexity index is 398. The number of aromatic carboxylic acids is 1. The zero-order chi connectivity index (χ0) is 13.4. The van der Waals surface area contributed by atoms with E-state index in [0.717, 1.165) is 0 Å². The SMILES string of the molecule is COCCOCCNc1cc(Cl)ccc1C(=O)O. The molecule has 1 rings (SSSR count). The summed E-state index contributed by atoms with van der Waals surface area (Å²) in [7, 11) is 1.60. The van der Waals surface area contributed by atoms with Gasteiger partial charge in [0.2, 0.25) is 0 Å². The van der Waals surface area contributed by atoms with E-state index in [1.807, 2.05) is 0 Å². The van der Waals surface area contributed by atoms with E-state index in [1.54, 1.807) is 19.2 Å². The molecule has 0 spiro atoms. The lowest BCUT2D eigenvalue weighted by atomic mass is 10.2. The standard InChI is InChI=1S/C12H16ClNO4/c1-17-6-7-18-5-4-14-11-8-9(13)2-3-10(11)12(15)16/h2-3,8,14H,4-7H2,1H3,(H,15,16). The quantitative estimate of drug-likeness (QED) is 0.710. The van der Waals surface area contributed by atoms with Crippen LogP contribution in [0.15, 0.2) is 18.2 Å². The van der Waals surface area contributed by atoms with Crippen LogP contribution in [0.3, 0.4) is 0 Å². The van der Waals surface area contributed by atoms with Crippen molar-refractivity contribution in [2.45, 2.75) is 0 Å². The number of rotatable bonds is 8. The molecule has 18 heavy (non-hydrogen) atoms. The van der Waals surface area contributed by atoms with Crippen LogP contribution in [0.1, 0.15) is 10.4 Å². The molecule has 0 heterocycles. The topological polar surface area (TPSA) is 67.8 Å². The highest BCUT2D eigenvalue weighted by Crippen LogP contribution is 2.20. The first-order chi connectivity index (χ1) is 8.65. The minimum atomic E-state index is -0.991. The third-order valence-electron chi connectivity index (χ3n) is 2.21. The molecular weight excluding hydrogens is 258 g/mol. The molecule has 5 nitrogen and oxygen atoms in total. The van der Waals surface area contributed by atoms with Gasteiger partial charge in [0.25, 0.3) is 0 Å². The number of carbonyl (C=O) groups is 1. The lowest BCUT2D eigenvalue weighted by Crippen LogP contribution is -2.14. The van der Waals surface area contributed by atoms with E-state index in [9.17, 15) is 4.79 Å². The van der Waals surface area contributed by atoms with Crippen LogP contribution in [-0.4, -0.2) is 44.6 Å². The number of ether oxygens (including phenoxy) is 2. The normalized spacial score (nSPS) is 10.3. The highest BCUT2D eigenvalue weighted by molar-refractivity contribution is 6.31. The summed E-state index contributed by atoms with van der Waals surface area (Å²) in [5.41, 5.74) is 0.682. The summed E-state index contributed by atoms with van der Waals surface area (Å²) in [5, 5.41) is 12.5. The van der Waals surface area contributed by atoms with Crippen molar-refractivity contribution in [3.05, 3.63) is 28.8 Å². The monoisotopic (exact) mass is 273 g/mol. The molecule has 0 aliphatic heterocycles. The van der Waals surface area contributed by atoms with Crippen molar-refractivity contribution in [2.24, 2.45) is 0 Å². The van der Waals surface area contributed by atoms with Gasteiger partial charge < -0.3 is 19.9 Å². The van der Waals surface area contributed by atoms with Crippen molar-refractivity contribution >= 4 is 23.3 Å². The highest BCUT2D eigenvalue weighted by atomic mass is 35.5. The van der Waals surface area contributed by atoms with E-state index in [4.69, 9.17) is 26.2 Å². The molecule has 2 N–H and O–H groups in total. The first kappa shape index (κ1) is 14.8. The highest BCUT2D eigenvalue weighted by Gasteiger charge is 2.09. The Morgan fingerprint density at radius 3 is 2.83 bits per heavy atom. The maximum absolute atomic E-state index is 11.0. The number of halogens is 1. The zero-order valence-corrected chi connectivity index (χ0v) is 10.9. The van der Waals surface area contributed by atoms with Crippen molar-refractivity contribution in [1.29, 1.82) is 0 Å². The summed E-state index contributed by atoms with van der Waals surface area (Å²) in [5.74, 6) is -0.991. The van der Waals surface area contributed by atoms with Crippen LogP contribution in [0.5, 0.6) is 0 Å². The smallest absolute Gasteiger partial charge is 0.337 e. The minimum absolute atomic E-state index is 0.191. The summed E-state index contributed by atoms with van der Waals surface area (Å²) in [6, 6.07) is 4.60. The summed E-state index contributed by atoms with van der Waals surface area (Å²) in [4.78, 5) is 11.0. The number of carboxylic acid groups (broad SMARTS) is 1. The molecule has 1 aromatic carbocycles. The second kappa shape index (κ2) is 7.92. The largest absolute Gasteiger partial charge is 0.478 e. The van der Waals surface area contributed by atoms with Crippen LogP contribution >= 0.6 is 11.6 Å². The van der Waals surface area contributed by atoms with Crippen LogP contribution < -0.4 is 5.32 Å². The summed E-state index contributed by atoms with van der Waals surface area (Å²) < 4.78 is 10.1. The molecule has 0 saturated heterocycles. The minimum Gasteiger partial charge on any atom is -0.478 e. The van der Waals surface area contributed by atoms with Gasteiger partial charge in [0.15, 0.2) is 0 Å². The van der Waals surface area contributed by atoms with Gasteiger partial charge in [-0.3, -0.25) is 0 Å². The first-order valence-corrected chi connectivity index (χ1v) is 5.86. The summed E-state index contributed by atoms with van der Waals surface area (Å²) >= 11 is 5.82. The van der Waals surface area contributed by atoms with Crippen molar-refractivity contribution in [3.63, 3.8) is 0 Å². The van der Waals surface area contributed by atoms with Crippen LogP contribution in [0.2, 0.25) is 5.02 Å². The zero-order valence-electron chi connectivity index (χ0n) is 10.1. The number of hydrogen-bond donors (Lipinski definition) is 2. The number of hydrogen-bond acceptors (Lipinski definition) is 4. The Kier molecular flexibility index (Phi) is 6.49. The lowest BCUT2D eigenvalue weighted by Gasteiger charge is -2.10. The van der Waals surface area contributed by atoms with Crippen LogP contribution in [0, 0.1) is 0 Å². The summed E-state index contributed by atoms with van der Waals surface area (Å²) in [6.45, 7) is 2.02. The molecule has 0 fully saturated rings. The fourth-order valence-corrected chi connectivity index (χ4v) is 1.52. The van der Waals surface area contributed by atoms with Crippen LogP contribution in [0.25, 0.3) is 0 Å². The molecule has 0 unspecified atom stereocenters. The lowest BCUT2D eigenvalue weighted by molar-refractivity contribution is 0.0697. The predicted octanol–water partition coefficient (Wildman–Crippen LogP) is 2.11. The molecule has 0 saturated carbocycles. The number of methoxy groups -OCH3 is 1.